The molecular weight excluding hydrogens is 522 g/mol. The summed E-state index contributed by atoms with van der Waals surface area (Å²) in [5.41, 5.74) is 7.31. The highest BCUT2D eigenvalue weighted by Crippen LogP contribution is 2.36. The van der Waals surface area contributed by atoms with E-state index in [1.54, 1.807) is 12.3 Å². The number of aryl methyl sites for hydroxylation is 1. The van der Waals surface area contributed by atoms with Crippen LogP contribution in [0.4, 0.5) is 5.69 Å². The smallest absolute Gasteiger partial charge is 0.257 e. The zero-order chi connectivity index (χ0) is 29.2. The van der Waals surface area contributed by atoms with Gasteiger partial charge >= 0.3 is 0 Å². The molecule has 1 saturated carbocycles. The number of benzene rings is 2. The molecule has 2 aromatic carbocycles. The number of carbonyl (C=O) groups is 2. The van der Waals surface area contributed by atoms with Crippen LogP contribution in [0.25, 0.3) is 11.1 Å². The highest BCUT2D eigenvalue weighted by molar-refractivity contribution is 6.05. The second-order valence-electron chi connectivity index (χ2n) is 12.2. The Morgan fingerprint density at radius 2 is 1.64 bits per heavy atom. The molecule has 6 rings (SSSR count). The molecule has 0 unspecified atom stereocenters. The molecule has 2 aromatic heterocycles. The van der Waals surface area contributed by atoms with Crippen LogP contribution in [0.5, 0.6) is 0 Å². The summed E-state index contributed by atoms with van der Waals surface area (Å²) < 4.78 is 2.09. The number of anilines is 1. The predicted molar refractivity (Wildman–Crippen MR) is 166 cm³/mol. The Labute approximate surface area is 248 Å². The lowest BCUT2D eigenvalue weighted by atomic mass is 9.88. The molecule has 1 aliphatic carbocycles. The van der Waals surface area contributed by atoms with Crippen molar-refractivity contribution >= 4 is 17.5 Å². The Hall–Kier alpha value is -4.26. The summed E-state index contributed by atoms with van der Waals surface area (Å²) in [7, 11) is 0. The lowest BCUT2D eigenvalue weighted by molar-refractivity contribution is 0.0712. The van der Waals surface area contributed by atoms with Crippen molar-refractivity contribution < 1.29 is 9.59 Å². The Morgan fingerprint density at radius 3 is 2.31 bits per heavy atom. The van der Waals surface area contributed by atoms with Crippen LogP contribution in [0.1, 0.15) is 89.0 Å². The van der Waals surface area contributed by atoms with Crippen molar-refractivity contribution in [3.05, 3.63) is 101 Å². The van der Waals surface area contributed by atoms with Crippen molar-refractivity contribution in [3.8, 4) is 11.1 Å². The summed E-state index contributed by atoms with van der Waals surface area (Å²) in [5, 5.41) is 7.51. The topological polar surface area (TPSA) is 80.1 Å². The number of carbonyl (C=O) groups excluding carboxylic acids is 2. The molecule has 4 aromatic rings. The molecule has 1 N–H and O–H groups in total. The third kappa shape index (κ3) is 6.30. The first-order valence-electron chi connectivity index (χ1n) is 15.1. The van der Waals surface area contributed by atoms with Crippen LogP contribution >= 0.6 is 0 Å². The first kappa shape index (κ1) is 27.9. The van der Waals surface area contributed by atoms with Gasteiger partial charge in [-0.15, -0.1) is 0 Å². The normalized spacial score (nSPS) is 15.7. The Kier molecular flexibility index (Phi) is 7.92. The first-order chi connectivity index (χ1) is 20.3. The van der Waals surface area contributed by atoms with E-state index in [0.717, 1.165) is 30.5 Å². The average molecular weight is 562 g/mol. The van der Waals surface area contributed by atoms with Gasteiger partial charge in [0.05, 0.1) is 17.8 Å². The zero-order valence-electron chi connectivity index (χ0n) is 24.7. The highest BCUT2D eigenvalue weighted by atomic mass is 16.2. The van der Waals surface area contributed by atoms with Gasteiger partial charge in [0.25, 0.3) is 11.8 Å². The van der Waals surface area contributed by atoms with Crippen LogP contribution in [-0.4, -0.2) is 44.6 Å². The molecule has 2 fully saturated rings. The number of nitrogens with zero attached hydrogens (tertiary/aromatic N) is 4. The molecule has 7 nitrogen and oxygen atoms in total. The molecule has 1 saturated heterocycles. The third-order valence-corrected chi connectivity index (χ3v) is 8.46. The molecule has 0 spiro atoms. The Morgan fingerprint density at radius 1 is 0.905 bits per heavy atom. The average Bonchev–Trinajstić information content (AvgIpc) is 3.74. The van der Waals surface area contributed by atoms with E-state index in [4.69, 9.17) is 0 Å². The van der Waals surface area contributed by atoms with Gasteiger partial charge in [0.15, 0.2) is 0 Å². The van der Waals surface area contributed by atoms with Crippen LogP contribution in [0.3, 0.4) is 0 Å². The van der Waals surface area contributed by atoms with Gasteiger partial charge in [0.1, 0.15) is 0 Å². The Balaban J connectivity index is 1.05. The molecular formula is C35H39N5O2. The highest BCUT2D eigenvalue weighted by Gasteiger charge is 2.26. The molecule has 7 heteroatoms. The van der Waals surface area contributed by atoms with Crippen LogP contribution in [0.2, 0.25) is 0 Å². The lowest BCUT2D eigenvalue weighted by Crippen LogP contribution is -2.38. The summed E-state index contributed by atoms with van der Waals surface area (Å²) >= 11 is 0. The summed E-state index contributed by atoms with van der Waals surface area (Å²) in [6.07, 6.45) is 10.9. The standard InChI is InChI=1S/C35H39N5O2/c1-23(2)18-31-11-10-29(20-36-31)34(41)38-33-19-28(5-4-24(33)3)35(42)39-16-14-27(15-17-39)25-6-8-26(9-7-25)30-21-37-40(22-30)32-12-13-32/h4-11,19-23,27,32H,12-18H2,1-3H3,(H,38,41). The predicted octanol–water partition coefficient (Wildman–Crippen LogP) is 7.06. The van der Waals surface area contributed by atoms with E-state index in [1.807, 2.05) is 42.3 Å². The summed E-state index contributed by atoms with van der Waals surface area (Å²) in [5.74, 6) is 0.721. The van der Waals surface area contributed by atoms with E-state index in [-0.39, 0.29) is 11.8 Å². The molecule has 0 radical (unpaired) electrons. The van der Waals surface area contributed by atoms with Crippen LogP contribution < -0.4 is 5.32 Å². The molecule has 1 aliphatic heterocycles. The fourth-order valence-corrected chi connectivity index (χ4v) is 5.75. The number of hydrogen-bond donors (Lipinski definition) is 1. The van der Waals surface area contributed by atoms with Gasteiger partial charge in [0, 0.05) is 48.0 Å². The third-order valence-electron chi connectivity index (χ3n) is 8.46. The van der Waals surface area contributed by atoms with Gasteiger partial charge in [0.2, 0.25) is 0 Å². The minimum absolute atomic E-state index is 0.00618. The second-order valence-corrected chi connectivity index (χ2v) is 12.2. The molecule has 2 aliphatic rings. The summed E-state index contributed by atoms with van der Waals surface area (Å²) in [4.78, 5) is 32.7. The Bertz CT molecular complexity index is 1560. The SMILES string of the molecule is Cc1ccc(C(=O)N2CCC(c3ccc(-c4cnn(C5CC5)c4)cc3)CC2)cc1NC(=O)c1ccc(CC(C)C)nc1. The van der Waals surface area contributed by atoms with Crippen molar-refractivity contribution in [2.75, 3.05) is 18.4 Å². The number of piperidine rings is 1. The fourth-order valence-electron chi connectivity index (χ4n) is 5.75. The second kappa shape index (κ2) is 11.9. The van der Waals surface area contributed by atoms with Gasteiger partial charge in [-0.1, -0.05) is 44.2 Å². The molecule has 0 atom stereocenters. The monoisotopic (exact) mass is 561 g/mol. The number of likely N-dealkylation sites (tertiary alicyclic amines) is 1. The quantitative estimate of drug-likeness (QED) is 0.250. The number of hydrogen-bond acceptors (Lipinski definition) is 4. The largest absolute Gasteiger partial charge is 0.339 e. The number of aromatic nitrogens is 3. The maximum atomic E-state index is 13.4. The van der Waals surface area contributed by atoms with Gasteiger partial charge in [-0.2, -0.15) is 5.10 Å². The van der Waals surface area contributed by atoms with Crippen LogP contribution in [0, 0.1) is 12.8 Å². The van der Waals surface area contributed by atoms with Gasteiger partial charge in [-0.25, -0.2) is 0 Å². The van der Waals surface area contributed by atoms with Crippen molar-refractivity contribution in [1.82, 2.24) is 19.7 Å². The molecule has 42 heavy (non-hydrogen) atoms. The number of amides is 2. The number of nitrogens with one attached hydrogen (secondary N) is 1. The van der Waals surface area contributed by atoms with Crippen molar-refractivity contribution in [1.29, 1.82) is 0 Å². The lowest BCUT2D eigenvalue weighted by Gasteiger charge is -2.32. The van der Waals surface area contributed by atoms with Gasteiger partial charge in [-0.3, -0.25) is 19.3 Å². The van der Waals surface area contributed by atoms with E-state index >= 15 is 0 Å². The van der Waals surface area contributed by atoms with Crippen molar-refractivity contribution in [2.45, 2.75) is 64.8 Å². The van der Waals surface area contributed by atoms with Gasteiger partial charge in [-0.05, 0) is 91.8 Å². The molecule has 2 amide bonds. The summed E-state index contributed by atoms with van der Waals surface area (Å²) in [6.45, 7) is 7.65. The van der Waals surface area contributed by atoms with E-state index in [9.17, 15) is 9.59 Å². The fraction of sp³-hybridized carbons (Fsp3) is 0.371. The number of rotatable bonds is 8. The van der Waals surface area contributed by atoms with E-state index < -0.39 is 0 Å². The van der Waals surface area contributed by atoms with Crippen molar-refractivity contribution in [3.63, 3.8) is 0 Å². The van der Waals surface area contributed by atoms with E-state index in [2.05, 4.69) is 64.4 Å². The van der Waals surface area contributed by atoms with E-state index in [0.29, 0.717) is 47.8 Å². The minimum Gasteiger partial charge on any atom is -0.339 e. The first-order valence-corrected chi connectivity index (χ1v) is 15.1. The minimum atomic E-state index is -0.227. The van der Waals surface area contributed by atoms with Crippen molar-refractivity contribution in [2.24, 2.45) is 5.92 Å². The molecule has 0 bridgehead atoms. The maximum Gasteiger partial charge on any atom is 0.257 e. The molecule has 216 valence electrons. The molecule has 3 heterocycles. The number of pyridine rings is 1. The maximum absolute atomic E-state index is 13.4. The van der Waals surface area contributed by atoms with Gasteiger partial charge < -0.3 is 10.2 Å². The van der Waals surface area contributed by atoms with Crippen LogP contribution in [0.15, 0.2) is 73.2 Å². The van der Waals surface area contributed by atoms with Crippen LogP contribution in [-0.2, 0) is 6.42 Å². The van der Waals surface area contributed by atoms with E-state index in [1.165, 1.54) is 29.5 Å². The summed E-state index contributed by atoms with van der Waals surface area (Å²) in [6, 6.07) is 18.7. The zero-order valence-corrected chi connectivity index (χ0v) is 24.7.